The van der Waals surface area contributed by atoms with Crippen molar-refractivity contribution in [3.8, 4) is 16.9 Å². The van der Waals surface area contributed by atoms with E-state index in [1.807, 2.05) is 42.6 Å². The molecule has 0 aliphatic carbocycles. The van der Waals surface area contributed by atoms with E-state index >= 15 is 0 Å². The van der Waals surface area contributed by atoms with Crippen LogP contribution in [0.2, 0.25) is 5.02 Å². The van der Waals surface area contributed by atoms with Gasteiger partial charge in [-0.25, -0.2) is 0 Å². The van der Waals surface area contributed by atoms with Crippen LogP contribution in [0.3, 0.4) is 0 Å². The molecule has 5 nitrogen and oxygen atoms in total. The number of aryl methyl sites for hydroxylation is 1. The van der Waals surface area contributed by atoms with Crippen molar-refractivity contribution in [1.82, 2.24) is 4.90 Å². The summed E-state index contributed by atoms with van der Waals surface area (Å²) in [6, 6.07) is 14.9. The Labute approximate surface area is 178 Å². The molecular weight excluding hydrogens is 408 g/mol. The van der Waals surface area contributed by atoms with E-state index in [1.165, 1.54) is 23.3 Å². The molecule has 1 heterocycles. The predicted octanol–water partition coefficient (Wildman–Crippen LogP) is 5.10. The average Bonchev–Trinajstić information content (AvgIpc) is 3.17. The molecule has 7 heteroatoms. The average molecular weight is 429 g/mol. The Balaban J connectivity index is 1.72. The summed E-state index contributed by atoms with van der Waals surface area (Å²) in [7, 11) is 3.12. The fourth-order valence-electron chi connectivity index (χ4n) is 2.86. The number of rotatable bonds is 6. The van der Waals surface area contributed by atoms with E-state index in [-0.39, 0.29) is 18.4 Å². The number of carbonyl (C=O) groups excluding carboxylic acids is 2. The standard InChI is InChI=1S/C22H21ClN2O3S/c1-14-4-6-15(7-5-14)17-10-11-29-21(17)22(27)25(2)13-20(26)24-18-12-16(23)8-9-19(18)28-3/h4-12H,13H2,1-3H3,(H,24,26). The Morgan fingerprint density at radius 1 is 1.14 bits per heavy atom. The van der Waals surface area contributed by atoms with E-state index in [2.05, 4.69) is 5.32 Å². The second kappa shape index (κ2) is 9.11. The highest BCUT2D eigenvalue weighted by molar-refractivity contribution is 7.12. The highest BCUT2D eigenvalue weighted by Gasteiger charge is 2.21. The van der Waals surface area contributed by atoms with Crippen molar-refractivity contribution in [3.05, 3.63) is 69.4 Å². The Morgan fingerprint density at radius 2 is 1.86 bits per heavy atom. The molecule has 3 aromatic rings. The number of thiophene rings is 1. The summed E-state index contributed by atoms with van der Waals surface area (Å²) in [5, 5.41) is 5.11. The molecule has 0 atom stereocenters. The van der Waals surface area contributed by atoms with Crippen LogP contribution in [0.25, 0.3) is 11.1 Å². The van der Waals surface area contributed by atoms with Crippen LogP contribution in [0.4, 0.5) is 5.69 Å². The summed E-state index contributed by atoms with van der Waals surface area (Å²) in [6.07, 6.45) is 0. The first kappa shape index (κ1) is 20.9. The van der Waals surface area contributed by atoms with Gasteiger partial charge in [0.25, 0.3) is 5.91 Å². The summed E-state index contributed by atoms with van der Waals surface area (Å²) in [6.45, 7) is 1.92. The number of likely N-dealkylation sites (N-methyl/N-ethyl adjacent to an activating group) is 1. The Kier molecular flexibility index (Phi) is 6.56. The van der Waals surface area contributed by atoms with Crippen molar-refractivity contribution >= 4 is 40.4 Å². The van der Waals surface area contributed by atoms with E-state index in [9.17, 15) is 9.59 Å². The molecule has 0 spiro atoms. The van der Waals surface area contributed by atoms with E-state index in [4.69, 9.17) is 16.3 Å². The Hall–Kier alpha value is -2.83. The van der Waals surface area contributed by atoms with Gasteiger partial charge in [0.15, 0.2) is 0 Å². The van der Waals surface area contributed by atoms with Gasteiger partial charge in [-0.3, -0.25) is 9.59 Å². The molecule has 0 saturated carbocycles. The quantitative estimate of drug-likeness (QED) is 0.594. The first-order valence-electron chi connectivity index (χ1n) is 8.92. The van der Waals surface area contributed by atoms with Gasteiger partial charge >= 0.3 is 0 Å². The molecule has 0 radical (unpaired) electrons. The van der Waals surface area contributed by atoms with Crippen LogP contribution in [-0.4, -0.2) is 37.4 Å². The highest BCUT2D eigenvalue weighted by Crippen LogP contribution is 2.30. The number of hydrogen-bond acceptors (Lipinski definition) is 4. The lowest BCUT2D eigenvalue weighted by Crippen LogP contribution is -2.34. The third-order valence-corrected chi connectivity index (χ3v) is 5.52. The second-order valence-electron chi connectivity index (χ2n) is 6.58. The molecule has 0 aliphatic rings. The van der Waals surface area contributed by atoms with Gasteiger partial charge in [-0.15, -0.1) is 11.3 Å². The van der Waals surface area contributed by atoms with Crippen molar-refractivity contribution in [2.75, 3.05) is 26.0 Å². The maximum Gasteiger partial charge on any atom is 0.264 e. The molecule has 2 aromatic carbocycles. The van der Waals surface area contributed by atoms with E-state index < -0.39 is 0 Å². The van der Waals surface area contributed by atoms with E-state index in [0.717, 1.165) is 16.7 Å². The van der Waals surface area contributed by atoms with Crippen LogP contribution < -0.4 is 10.1 Å². The van der Waals surface area contributed by atoms with Crippen LogP contribution in [-0.2, 0) is 4.79 Å². The third kappa shape index (κ3) is 4.96. The fraction of sp³-hybridized carbons (Fsp3) is 0.182. The molecular formula is C22H21ClN2O3S. The summed E-state index contributed by atoms with van der Waals surface area (Å²) >= 11 is 7.36. The van der Waals surface area contributed by atoms with Crippen molar-refractivity contribution in [3.63, 3.8) is 0 Å². The van der Waals surface area contributed by atoms with Gasteiger partial charge in [-0.2, -0.15) is 0 Å². The van der Waals surface area contributed by atoms with Crippen LogP contribution in [0, 0.1) is 6.92 Å². The zero-order chi connectivity index (χ0) is 21.0. The minimum absolute atomic E-state index is 0.0975. The summed E-state index contributed by atoms with van der Waals surface area (Å²) in [5.74, 6) is -0.0460. The van der Waals surface area contributed by atoms with Crippen molar-refractivity contribution in [2.45, 2.75) is 6.92 Å². The number of benzene rings is 2. The summed E-state index contributed by atoms with van der Waals surface area (Å²) in [4.78, 5) is 27.4. The molecule has 0 saturated heterocycles. The number of ether oxygens (including phenoxy) is 1. The van der Waals surface area contributed by atoms with Crippen molar-refractivity contribution < 1.29 is 14.3 Å². The molecule has 0 aliphatic heterocycles. The Morgan fingerprint density at radius 3 is 2.55 bits per heavy atom. The SMILES string of the molecule is COc1ccc(Cl)cc1NC(=O)CN(C)C(=O)c1sccc1-c1ccc(C)cc1. The van der Waals surface area contributed by atoms with E-state index in [1.54, 1.807) is 25.2 Å². The number of hydrogen-bond donors (Lipinski definition) is 1. The zero-order valence-electron chi connectivity index (χ0n) is 16.4. The maximum absolute atomic E-state index is 12.9. The molecule has 150 valence electrons. The highest BCUT2D eigenvalue weighted by atomic mass is 35.5. The van der Waals surface area contributed by atoms with Crippen LogP contribution in [0.1, 0.15) is 15.2 Å². The van der Waals surface area contributed by atoms with Crippen molar-refractivity contribution in [2.24, 2.45) is 0 Å². The predicted molar refractivity (Wildman–Crippen MR) is 118 cm³/mol. The molecule has 1 aromatic heterocycles. The largest absolute Gasteiger partial charge is 0.495 e. The monoisotopic (exact) mass is 428 g/mol. The minimum atomic E-state index is -0.338. The van der Waals surface area contributed by atoms with E-state index in [0.29, 0.717) is 21.3 Å². The van der Waals surface area contributed by atoms with Gasteiger partial charge < -0.3 is 15.0 Å². The van der Waals surface area contributed by atoms with Gasteiger partial charge in [0, 0.05) is 17.6 Å². The third-order valence-electron chi connectivity index (χ3n) is 4.39. The first-order chi connectivity index (χ1) is 13.9. The maximum atomic E-state index is 12.9. The fourth-order valence-corrected chi connectivity index (χ4v) is 3.95. The lowest BCUT2D eigenvalue weighted by atomic mass is 10.0. The molecule has 0 fully saturated rings. The summed E-state index contributed by atoms with van der Waals surface area (Å²) in [5.41, 5.74) is 3.45. The van der Waals surface area contributed by atoms with Gasteiger partial charge in [0.2, 0.25) is 5.91 Å². The number of nitrogens with zero attached hydrogens (tertiary/aromatic N) is 1. The molecule has 29 heavy (non-hydrogen) atoms. The molecule has 0 unspecified atom stereocenters. The van der Waals surface area contributed by atoms with Crippen LogP contribution in [0.15, 0.2) is 53.9 Å². The van der Waals surface area contributed by atoms with Crippen molar-refractivity contribution in [1.29, 1.82) is 0 Å². The molecule has 2 amide bonds. The number of methoxy groups -OCH3 is 1. The minimum Gasteiger partial charge on any atom is -0.495 e. The number of amides is 2. The van der Waals surface area contributed by atoms with Gasteiger partial charge in [0.1, 0.15) is 5.75 Å². The van der Waals surface area contributed by atoms with Gasteiger partial charge in [0.05, 0.1) is 24.2 Å². The number of anilines is 1. The lowest BCUT2D eigenvalue weighted by Gasteiger charge is -2.18. The Bertz CT molecular complexity index is 1030. The molecule has 3 rings (SSSR count). The first-order valence-corrected chi connectivity index (χ1v) is 10.2. The smallest absolute Gasteiger partial charge is 0.264 e. The lowest BCUT2D eigenvalue weighted by molar-refractivity contribution is -0.116. The topological polar surface area (TPSA) is 58.6 Å². The molecule has 1 N–H and O–H groups in total. The van der Waals surface area contributed by atoms with Gasteiger partial charge in [-0.1, -0.05) is 41.4 Å². The second-order valence-corrected chi connectivity index (χ2v) is 7.94. The summed E-state index contributed by atoms with van der Waals surface area (Å²) < 4.78 is 5.23. The number of carbonyl (C=O) groups is 2. The van der Waals surface area contributed by atoms with Crippen LogP contribution >= 0.6 is 22.9 Å². The zero-order valence-corrected chi connectivity index (χ0v) is 17.9. The normalized spacial score (nSPS) is 10.5. The molecule has 0 bridgehead atoms. The number of halogens is 1. The number of nitrogens with one attached hydrogen (secondary N) is 1. The van der Waals surface area contributed by atoms with Crippen LogP contribution in [0.5, 0.6) is 5.75 Å². The van der Waals surface area contributed by atoms with Gasteiger partial charge in [-0.05, 0) is 42.1 Å².